The maximum absolute atomic E-state index is 13.0. The van der Waals surface area contributed by atoms with Crippen molar-refractivity contribution in [1.29, 1.82) is 0 Å². The highest BCUT2D eigenvalue weighted by Crippen LogP contribution is 2.27. The van der Waals surface area contributed by atoms with Gasteiger partial charge in [0, 0.05) is 17.5 Å². The van der Waals surface area contributed by atoms with Crippen molar-refractivity contribution in [2.75, 3.05) is 0 Å². The van der Waals surface area contributed by atoms with E-state index in [1.807, 2.05) is 0 Å². The molecule has 1 unspecified atom stereocenters. The molecule has 0 heterocycles. The van der Waals surface area contributed by atoms with Gasteiger partial charge in [0.25, 0.3) is 0 Å². The van der Waals surface area contributed by atoms with Crippen molar-refractivity contribution >= 4 is 17.6 Å². The molecular formula is C11H12ClF2NO2. The van der Waals surface area contributed by atoms with E-state index in [1.54, 1.807) is 0 Å². The SMILES string of the molecule is NC(CCCC(=O)O)c1cc(F)c(F)cc1Cl. The van der Waals surface area contributed by atoms with E-state index in [-0.39, 0.29) is 17.0 Å². The molecule has 17 heavy (non-hydrogen) atoms. The summed E-state index contributed by atoms with van der Waals surface area (Å²) in [7, 11) is 0. The molecule has 0 saturated carbocycles. The number of rotatable bonds is 5. The van der Waals surface area contributed by atoms with E-state index >= 15 is 0 Å². The summed E-state index contributed by atoms with van der Waals surface area (Å²) >= 11 is 5.73. The Labute approximate surface area is 102 Å². The molecule has 0 bridgehead atoms. The lowest BCUT2D eigenvalue weighted by molar-refractivity contribution is -0.137. The lowest BCUT2D eigenvalue weighted by Gasteiger charge is -2.13. The molecule has 0 aromatic heterocycles. The van der Waals surface area contributed by atoms with Crippen LogP contribution in [-0.4, -0.2) is 11.1 Å². The molecule has 0 aliphatic carbocycles. The number of carbonyl (C=O) groups is 1. The third-order valence-electron chi connectivity index (χ3n) is 2.34. The van der Waals surface area contributed by atoms with E-state index in [1.165, 1.54) is 0 Å². The van der Waals surface area contributed by atoms with Gasteiger partial charge in [-0.15, -0.1) is 0 Å². The molecule has 0 aliphatic heterocycles. The Morgan fingerprint density at radius 1 is 1.41 bits per heavy atom. The zero-order valence-electron chi connectivity index (χ0n) is 8.92. The van der Waals surface area contributed by atoms with Crippen molar-refractivity contribution in [3.63, 3.8) is 0 Å². The smallest absolute Gasteiger partial charge is 0.303 e. The number of carboxylic acid groups (broad SMARTS) is 1. The Balaban J connectivity index is 2.71. The lowest BCUT2D eigenvalue weighted by Crippen LogP contribution is -2.12. The predicted octanol–water partition coefficient (Wildman–Crippen LogP) is 2.87. The molecule has 0 fully saturated rings. The zero-order chi connectivity index (χ0) is 13.0. The van der Waals surface area contributed by atoms with Crippen molar-refractivity contribution in [1.82, 2.24) is 0 Å². The van der Waals surface area contributed by atoms with Gasteiger partial charge in [0.1, 0.15) is 0 Å². The van der Waals surface area contributed by atoms with Gasteiger partial charge in [0.2, 0.25) is 0 Å². The van der Waals surface area contributed by atoms with Crippen LogP contribution in [0, 0.1) is 11.6 Å². The van der Waals surface area contributed by atoms with E-state index in [2.05, 4.69) is 0 Å². The first-order chi connectivity index (χ1) is 7.91. The monoisotopic (exact) mass is 263 g/mol. The minimum Gasteiger partial charge on any atom is -0.481 e. The summed E-state index contributed by atoms with van der Waals surface area (Å²) in [6.07, 6.45) is 0.678. The molecule has 3 nitrogen and oxygen atoms in total. The van der Waals surface area contributed by atoms with Gasteiger partial charge in [-0.25, -0.2) is 8.78 Å². The molecule has 0 spiro atoms. The Kier molecular flexibility index (Phi) is 4.84. The minimum atomic E-state index is -1.03. The number of nitrogens with two attached hydrogens (primary N) is 1. The summed E-state index contributed by atoms with van der Waals surface area (Å²) in [6, 6.07) is 1.21. The van der Waals surface area contributed by atoms with Crippen LogP contribution in [0.2, 0.25) is 5.02 Å². The first-order valence-corrected chi connectivity index (χ1v) is 5.41. The number of aliphatic carboxylic acids is 1. The Morgan fingerprint density at radius 3 is 2.59 bits per heavy atom. The van der Waals surface area contributed by atoms with Gasteiger partial charge >= 0.3 is 5.97 Å². The van der Waals surface area contributed by atoms with E-state index in [4.69, 9.17) is 22.4 Å². The van der Waals surface area contributed by atoms with Gasteiger partial charge in [0.15, 0.2) is 11.6 Å². The van der Waals surface area contributed by atoms with Crippen LogP contribution in [-0.2, 0) is 4.79 Å². The number of hydrogen-bond donors (Lipinski definition) is 2. The van der Waals surface area contributed by atoms with Gasteiger partial charge in [-0.2, -0.15) is 0 Å². The second-order valence-corrected chi connectivity index (χ2v) is 4.09. The van der Waals surface area contributed by atoms with E-state index in [0.717, 1.165) is 12.1 Å². The molecule has 6 heteroatoms. The summed E-state index contributed by atoms with van der Waals surface area (Å²) in [5, 5.41) is 8.50. The number of benzene rings is 1. The summed E-state index contributed by atoms with van der Waals surface area (Å²) in [5.41, 5.74) is 6.02. The van der Waals surface area contributed by atoms with Crippen LogP contribution in [0.25, 0.3) is 0 Å². The highest BCUT2D eigenvalue weighted by Gasteiger charge is 2.14. The first kappa shape index (κ1) is 13.9. The molecule has 1 aromatic rings. The van der Waals surface area contributed by atoms with Crippen molar-refractivity contribution < 1.29 is 18.7 Å². The van der Waals surface area contributed by atoms with Crippen LogP contribution in [0.5, 0.6) is 0 Å². The van der Waals surface area contributed by atoms with Crippen molar-refractivity contribution in [2.24, 2.45) is 5.73 Å². The van der Waals surface area contributed by atoms with E-state index in [0.29, 0.717) is 12.8 Å². The summed E-state index contributed by atoms with van der Waals surface area (Å²) in [5.74, 6) is -2.97. The highest BCUT2D eigenvalue weighted by atomic mass is 35.5. The highest BCUT2D eigenvalue weighted by molar-refractivity contribution is 6.31. The molecule has 1 atom stereocenters. The molecule has 0 amide bonds. The van der Waals surface area contributed by atoms with Gasteiger partial charge in [-0.05, 0) is 30.5 Å². The lowest BCUT2D eigenvalue weighted by atomic mass is 10.0. The van der Waals surface area contributed by atoms with E-state index < -0.39 is 23.6 Å². The second-order valence-electron chi connectivity index (χ2n) is 3.68. The molecular weight excluding hydrogens is 252 g/mol. The quantitative estimate of drug-likeness (QED) is 0.803. The standard InChI is InChI=1S/C11H12ClF2NO2/c12-7-5-9(14)8(13)4-6(7)10(15)2-1-3-11(16)17/h4-5,10H,1-3,15H2,(H,16,17). The predicted molar refractivity (Wildman–Crippen MR) is 59.8 cm³/mol. The van der Waals surface area contributed by atoms with Crippen LogP contribution in [0.15, 0.2) is 12.1 Å². The average Bonchev–Trinajstić information content (AvgIpc) is 2.22. The molecule has 0 aliphatic rings. The van der Waals surface area contributed by atoms with Gasteiger partial charge < -0.3 is 10.8 Å². The summed E-state index contributed by atoms with van der Waals surface area (Å²) in [4.78, 5) is 10.3. The van der Waals surface area contributed by atoms with Crippen molar-refractivity contribution in [2.45, 2.75) is 25.3 Å². The van der Waals surface area contributed by atoms with Gasteiger partial charge in [-0.3, -0.25) is 4.79 Å². The van der Waals surface area contributed by atoms with Gasteiger partial charge in [-0.1, -0.05) is 11.6 Å². The average molecular weight is 264 g/mol. The third kappa shape index (κ3) is 3.94. The van der Waals surface area contributed by atoms with Crippen molar-refractivity contribution in [3.8, 4) is 0 Å². The fourth-order valence-corrected chi connectivity index (χ4v) is 1.74. The zero-order valence-corrected chi connectivity index (χ0v) is 9.68. The Morgan fingerprint density at radius 2 is 2.00 bits per heavy atom. The van der Waals surface area contributed by atoms with Crippen LogP contribution < -0.4 is 5.73 Å². The number of hydrogen-bond acceptors (Lipinski definition) is 2. The van der Waals surface area contributed by atoms with E-state index in [9.17, 15) is 13.6 Å². The summed E-state index contributed by atoms with van der Waals surface area (Å²) in [6.45, 7) is 0. The summed E-state index contributed by atoms with van der Waals surface area (Å²) < 4.78 is 25.8. The fourth-order valence-electron chi connectivity index (χ4n) is 1.45. The fraction of sp³-hybridized carbons (Fsp3) is 0.364. The van der Waals surface area contributed by atoms with Crippen molar-refractivity contribution in [3.05, 3.63) is 34.4 Å². The normalized spacial score (nSPS) is 12.5. The number of halogens is 3. The Bertz CT molecular complexity index is 426. The molecule has 1 rings (SSSR count). The molecule has 1 aromatic carbocycles. The third-order valence-corrected chi connectivity index (χ3v) is 2.67. The first-order valence-electron chi connectivity index (χ1n) is 5.03. The van der Waals surface area contributed by atoms with Crippen LogP contribution >= 0.6 is 11.6 Å². The second kappa shape index (κ2) is 5.93. The molecule has 94 valence electrons. The number of carboxylic acids is 1. The minimum absolute atomic E-state index is 0.0189. The molecule has 0 radical (unpaired) electrons. The molecule has 3 N–H and O–H groups in total. The maximum Gasteiger partial charge on any atom is 0.303 e. The topological polar surface area (TPSA) is 63.3 Å². The van der Waals surface area contributed by atoms with Crippen LogP contribution in [0.4, 0.5) is 8.78 Å². The van der Waals surface area contributed by atoms with Gasteiger partial charge in [0.05, 0.1) is 0 Å². The largest absolute Gasteiger partial charge is 0.481 e. The maximum atomic E-state index is 13.0. The van der Waals surface area contributed by atoms with Crippen LogP contribution in [0.1, 0.15) is 30.9 Å². The molecule has 0 saturated heterocycles. The van der Waals surface area contributed by atoms with Crippen LogP contribution in [0.3, 0.4) is 0 Å². The Hall–Kier alpha value is -1.20.